The standard InChI is InChI=1S/C19H18N2O/c1-13-8-9-16(15(3)10-13)11-17(12-20)19(22)21-18-7-5-4-6-14(18)2/h4-11H,1-3H3,(H,21,22)/b17-11+. The lowest BCUT2D eigenvalue weighted by molar-refractivity contribution is -0.112. The molecule has 2 aromatic rings. The Morgan fingerprint density at radius 2 is 1.82 bits per heavy atom. The van der Waals surface area contributed by atoms with Gasteiger partial charge in [0.2, 0.25) is 0 Å². The molecule has 3 nitrogen and oxygen atoms in total. The maximum atomic E-state index is 12.3. The molecular weight excluding hydrogens is 272 g/mol. The number of hydrogen-bond acceptors (Lipinski definition) is 2. The molecule has 3 heteroatoms. The number of nitrogens with one attached hydrogen (secondary N) is 1. The van der Waals surface area contributed by atoms with E-state index in [9.17, 15) is 10.1 Å². The summed E-state index contributed by atoms with van der Waals surface area (Å²) < 4.78 is 0. The number of para-hydroxylation sites is 1. The van der Waals surface area contributed by atoms with Crippen molar-refractivity contribution in [3.8, 4) is 6.07 Å². The van der Waals surface area contributed by atoms with E-state index in [2.05, 4.69) is 5.32 Å². The van der Waals surface area contributed by atoms with Crippen LogP contribution in [-0.4, -0.2) is 5.91 Å². The van der Waals surface area contributed by atoms with Crippen LogP contribution in [0.2, 0.25) is 0 Å². The molecule has 2 rings (SSSR count). The first kappa shape index (κ1) is 15.5. The zero-order valence-electron chi connectivity index (χ0n) is 13.0. The Labute approximate surface area is 130 Å². The lowest BCUT2D eigenvalue weighted by Gasteiger charge is -2.08. The van der Waals surface area contributed by atoms with Crippen molar-refractivity contribution in [2.24, 2.45) is 0 Å². The molecule has 1 amide bonds. The van der Waals surface area contributed by atoms with Crippen molar-refractivity contribution in [3.63, 3.8) is 0 Å². The van der Waals surface area contributed by atoms with Gasteiger partial charge in [-0.05, 0) is 49.6 Å². The molecule has 110 valence electrons. The number of carbonyl (C=O) groups is 1. The van der Waals surface area contributed by atoms with E-state index in [0.29, 0.717) is 5.69 Å². The number of aryl methyl sites for hydroxylation is 3. The topological polar surface area (TPSA) is 52.9 Å². The van der Waals surface area contributed by atoms with Crippen LogP contribution >= 0.6 is 0 Å². The third-order valence-corrected chi connectivity index (χ3v) is 3.48. The number of nitrogens with zero attached hydrogens (tertiary/aromatic N) is 1. The normalized spacial score (nSPS) is 10.9. The second kappa shape index (κ2) is 6.73. The second-order valence-corrected chi connectivity index (χ2v) is 5.30. The van der Waals surface area contributed by atoms with Gasteiger partial charge in [0.25, 0.3) is 5.91 Å². The van der Waals surface area contributed by atoms with Gasteiger partial charge in [-0.3, -0.25) is 4.79 Å². The Balaban J connectivity index is 2.28. The van der Waals surface area contributed by atoms with Gasteiger partial charge in [-0.2, -0.15) is 5.26 Å². The van der Waals surface area contributed by atoms with Crippen molar-refractivity contribution >= 4 is 17.7 Å². The van der Waals surface area contributed by atoms with Gasteiger partial charge < -0.3 is 5.32 Å². The molecule has 0 bridgehead atoms. The highest BCUT2D eigenvalue weighted by Crippen LogP contribution is 2.17. The molecule has 0 aliphatic carbocycles. The molecule has 1 N–H and O–H groups in total. The van der Waals surface area contributed by atoms with Crippen LogP contribution in [0.15, 0.2) is 48.0 Å². The first-order chi connectivity index (χ1) is 10.5. The van der Waals surface area contributed by atoms with Crippen molar-refractivity contribution in [1.82, 2.24) is 0 Å². The van der Waals surface area contributed by atoms with E-state index in [1.165, 1.54) is 0 Å². The summed E-state index contributed by atoms with van der Waals surface area (Å²) in [6.07, 6.45) is 1.63. The number of nitriles is 1. The van der Waals surface area contributed by atoms with Crippen LogP contribution in [0.4, 0.5) is 5.69 Å². The Kier molecular flexibility index (Phi) is 4.75. The van der Waals surface area contributed by atoms with Gasteiger partial charge in [0, 0.05) is 5.69 Å². The van der Waals surface area contributed by atoms with Gasteiger partial charge in [-0.15, -0.1) is 0 Å². The van der Waals surface area contributed by atoms with Crippen LogP contribution in [0.5, 0.6) is 0 Å². The van der Waals surface area contributed by atoms with E-state index >= 15 is 0 Å². The molecule has 0 aliphatic rings. The number of hydrogen-bond donors (Lipinski definition) is 1. The molecule has 0 aliphatic heterocycles. The van der Waals surface area contributed by atoms with Gasteiger partial charge in [-0.1, -0.05) is 42.0 Å². The molecule has 22 heavy (non-hydrogen) atoms. The van der Waals surface area contributed by atoms with E-state index in [1.54, 1.807) is 6.08 Å². The summed E-state index contributed by atoms with van der Waals surface area (Å²) in [5.74, 6) is -0.392. The maximum Gasteiger partial charge on any atom is 0.266 e. The SMILES string of the molecule is Cc1ccc(/C=C(\C#N)C(=O)Nc2ccccc2C)c(C)c1. The maximum absolute atomic E-state index is 12.3. The monoisotopic (exact) mass is 290 g/mol. The molecule has 0 heterocycles. The lowest BCUT2D eigenvalue weighted by atomic mass is 10.0. The summed E-state index contributed by atoms with van der Waals surface area (Å²) in [6.45, 7) is 5.89. The highest BCUT2D eigenvalue weighted by atomic mass is 16.1. The number of amides is 1. The minimum Gasteiger partial charge on any atom is -0.321 e. The minimum atomic E-state index is -0.392. The van der Waals surface area contributed by atoms with Crippen LogP contribution in [-0.2, 0) is 4.79 Å². The Bertz CT molecular complexity index is 782. The van der Waals surface area contributed by atoms with Crippen molar-refractivity contribution < 1.29 is 4.79 Å². The number of rotatable bonds is 3. The first-order valence-electron chi connectivity index (χ1n) is 7.07. The predicted molar refractivity (Wildman–Crippen MR) is 89.3 cm³/mol. The van der Waals surface area contributed by atoms with Crippen molar-refractivity contribution in [3.05, 3.63) is 70.3 Å². The number of carbonyl (C=O) groups excluding carboxylic acids is 1. The second-order valence-electron chi connectivity index (χ2n) is 5.30. The third-order valence-electron chi connectivity index (χ3n) is 3.48. The third kappa shape index (κ3) is 3.62. The molecule has 0 radical (unpaired) electrons. The van der Waals surface area contributed by atoms with Crippen LogP contribution in [0.25, 0.3) is 6.08 Å². The van der Waals surface area contributed by atoms with Gasteiger partial charge in [0.1, 0.15) is 11.6 Å². The largest absolute Gasteiger partial charge is 0.321 e. The van der Waals surface area contributed by atoms with E-state index in [0.717, 1.165) is 22.3 Å². The Morgan fingerprint density at radius 1 is 1.09 bits per heavy atom. The van der Waals surface area contributed by atoms with Gasteiger partial charge in [0.05, 0.1) is 0 Å². The van der Waals surface area contributed by atoms with E-state index < -0.39 is 5.91 Å². The summed E-state index contributed by atoms with van der Waals surface area (Å²) in [5, 5.41) is 12.1. The average molecular weight is 290 g/mol. The molecule has 0 spiro atoms. The fraction of sp³-hybridized carbons (Fsp3) is 0.158. The predicted octanol–water partition coefficient (Wildman–Crippen LogP) is 4.16. The number of anilines is 1. The smallest absolute Gasteiger partial charge is 0.266 e. The zero-order valence-corrected chi connectivity index (χ0v) is 13.0. The summed E-state index contributed by atoms with van der Waals surface area (Å²) in [6, 6.07) is 15.4. The molecule has 0 fully saturated rings. The highest BCUT2D eigenvalue weighted by molar-refractivity contribution is 6.10. The van der Waals surface area contributed by atoms with E-state index in [-0.39, 0.29) is 5.57 Å². The summed E-state index contributed by atoms with van der Waals surface area (Å²) >= 11 is 0. The fourth-order valence-corrected chi connectivity index (χ4v) is 2.19. The molecule has 0 unspecified atom stereocenters. The van der Waals surface area contributed by atoms with Crippen LogP contribution in [0.3, 0.4) is 0 Å². The van der Waals surface area contributed by atoms with E-state index in [1.807, 2.05) is 69.3 Å². The van der Waals surface area contributed by atoms with Crippen molar-refractivity contribution in [1.29, 1.82) is 5.26 Å². The van der Waals surface area contributed by atoms with Crippen LogP contribution in [0.1, 0.15) is 22.3 Å². The van der Waals surface area contributed by atoms with Gasteiger partial charge in [0.15, 0.2) is 0 Å². The van der Waals surface area contributed by atoms with Gasteiger partial charge in [-0.25, -0.2) is 0 Å². The lowest BCUT2D eigenvalue weighted by Crippen LogP contribution is -2.14. The first-order valence-corrected chi connectivity index (χ1v) is 7.07. The quantitative estimate of drug-likeness (QED) is 0.681. The Morgan fingerprint density at radius 3 is 2.45 bits per heavy atom. The van der Waals surface area contributed by atoms with Crippen LogP contribution < -0.4 is 5.32 Å². The summed E-state index contributed by atoms with van der Waals surface area (Å²) in [5.41, 5.74) is 4.83. The summed E-state index contributed by atoms with van der Waals surface area (Å²) in [4.78, 5) is 12.3. The molecular formula is C19H18N2O. The fourth-order valence-electron chi connectivity index (χ4n) is 2.19. The van der Waals surface area contributed by atoms with Crippen LogP contribution in [0, 0.1) is 32.1 Å². The average Bonchev–Trinajstić information content (AvgIpc) is 2.49. The summed E-state index contributed by atoms with van der Waals surface area (Å²) in [7, 11) is 0. The Hall–Kier alpha value is -2.86. The molecule has 0 aromatic heterocycles. The van der Waals surface area contributed by atoms with Gasteiger partial charge >= 0.3 is 0 Å². The van der Waals surface area contributed by atoms with Crippen molar-refractivity contribution in [2.75, 3.05) is 5.32 Å². The van der Waals surface area contributed by atoms with E-state index in [4.69, 9.17) is 0 Å². The zero-order chi connectivity index (χ0) is 16.1. The molecule has 0 atom stereocenters. The highest BCUT2D eigenvalue weighted by Gasteiger charge is 2.11. The molecule has 0 saturated carbocycles. The molecule has 2 aromatic carbocycles. The molecule has 0 saturated heterocycles. The van der Waals surface area contributed by atoms with Crippen molar-refractivity contribution in [2.45, 2.75) is 20.8 Å². The number of benzene rings is 2. The minimum absolute atomic E-state index is 0.0928.